The number of carbonyl (C=O) groups is 1. The van der Waals surface area contributed by atoms with Gasteiger partial charge in [-0.3, -0.25) is 4.79 Å². The van der Waals surface area contributed by atoms with Crippen LogP contribution in [-0.2, 0) is 17.8 Å². The van der Waals surface area contributed by atoms with Crippen molar-refractivity contribution in [1.29, 1.82) is 0 Å². The number of nitrogens with two attached hydrogens (primary N) is 1. The van der Waals surface area contributed by atoms with Gasteiger partial charge in [0.15, 0.2) is 18.1 Å². The summed E-state index contributed by atoms with van der Waals surface area (Å²) in [6.45, 7) is 3.74. The highest BCUT2D eigenvalue weighted by molar-refractivity contribution is 5.75. The van der Waals surface area contributed by atoms with E-state index < -0.39 is 5.91 Å². The van der Waals surface area contributed by atoms with E-state index >= 15 is 0 Å². The molecule has 0 saturated heterocycles. The molecule has 2 N–H and O–H groups in total. The Morgan fingerprint density at radius 3 is 2.79 bits per heavy atom. The molecule has 0 unspecified atom stereocenters. The summed E-state index contributed by atoms with van der Waals surface area (Å²) in [6.07, 6.45) is 1.07. The number of benzene rings is 2. The predicted molar refractivity (Wildman–Crippen MR) is 93.6 cm³/mol. The second kappa shape index (κ2) is 6.83. The van der Waals surface area contributed by atoms with Crippen molar-refractivity contribution in [2.75, 3.05) is 25.2 Å². The first-order valence-electron chi connectivity index (χ1n) is 7.99. The number of amides is 1. The van der Waals surface area contributed by atoms with Crippen molar-refractivity contribution in [3.8, 4) is 11.5 Å². The topological polar surface area (TPSA) is 64.8 Å². The maximum atomic E-state index is 11.0. The number of methoxy groups -OCH3 is 1. The van der Waals surface area contributed by atoms with E-state index in [0.717, 1.165) is 25.1 Å². The van der Waals surface area contributed by atoms with Gasteiger partial charge < -0.3 is 20.1 Å². The molecule has 0 atom stereocenters. The monoisotopic (exact) mass is 326 g/mol. The Morgan fingerprint density at radius 2 is 2.04 bits per heavy atom. The van der Waals surface area contributed by atoms with E-state index in [-0.39, 0.29) is 6.61 Å². The number of nitrogens with zero attached hydrogens (tertiary/aromatic N) is 1. The van der Waals surface area contributed by atoms with Crippen LogP contribution in [-0.4, -0.2) is 26.2 Å². The molecule has 0 bridgehead atoms. The second-order valence-corrected chi connectivity index (χ2v) is 6.04. The summed E-state index contributed by atoms with van der Waals surface area (Å²) in [5.41, 5.74) is 10.2. The molecular formula is C19H22N2O3. The summed E-state index contributed by atoms with van der Waals surface area (Å²) < 4.78 is 10.7. The number of carbonyl (C=O) groups excluding carboxylic acids is 1. The highest BCUT2D eigenvalue weighted by Gasteiger charge is 2.19. The number of rotatable bonds is 6. The molecule has 5 nitrogen and oxygen atoms in total. The molecule has 24 heavy (non-hydrogen) atoms. The number of anilines is 1. The van der Waals surface area contributed by atoms with Crippen LogP contribution in [0.1, 0.15) is 16.7 Å². The van der Waals surface area contributed by atoms with Gasteiger partial charge >= 0.3 is 0 Å². The van der Waals surface area contributed by atoms with E-state index in [1.807, 2.05) is 18.2 Å². The number of fused-ring (bicyclic) bond motifs is 1. The first-order valence-corrected chi connectivity index (χ1v) is 7.99. The van der Waals surface area contributed by atoms with E-state index in [9.17, 15) is 4.79 Å². The van der Waals surface area contributed by atoms with Crippen LogP contribution < -0.4 is 20.1 Å². The Hall–Kier alpha value is -2.69. The van der Waals surface area contributed by atoms with E-state index in [2.05, 4.69) is 30.0 Å². The van der Waals surface area contributed by atoms with Gasteiger partial charge in [-0.2, -0.15) is 0 Å². The summed E-state index contributed by atoms with van der Waals surface area (Å²) in [6, 6.07) is 12.4. The fraction of sp³-hybridized carbons (Fsp3) is 0.316. The number of aryl methyl sites for hydroxylation is 1. The largest absolute Gasteiger partial charge is 0.493 e. The van der Waals surface area contributed by atoms with Gasteiger partial charge in [0, 0.05) is 18.8 Å². The zero-order valence-corrected chi connectivity index (χ0v) is 14.0. The van der Waals surface area contributed by atoms with Gasteiger partial charge in [-0.15, -0.1) is 0 Å². The summed E-state index contributed by atoms with van der Waals surface area (Å²) in [4.78, 5) is 13.3. The fourth-order valence-electron chi connectivity index (χ4n) is 3.02. The first-order chi connectivity index (χ1) is 11.6. The summed E-state index contributed by atoms with van der Waals surface area (Å²) in [7, 11) is 1.58. The average molecular weight is 326 g/mol. The highest BCUT2D eigenvalue weighted by atomic mass is 16.5. The lowest BCUT2D eigenvalue weighted by molar-refractivity contribution is -0.119. The minimum absolute atomic E-state index is 0.161. The summed E-state index contributed by atoms with van der Waals surface area (Å²) in [5.74, 6) is 0.626. The van der Waals surface area contributed by atoms with Crippen molar-refractivity contribution in [2.24, 2.45) is 5.73 Å². The molecule has 3 rings (SSSR count). The van der Waals surface area contributed by atoms with Gasteiger partial charge in [-0.05, 0) is 48.2 Å². The van der Waals surface area contributed by atoms with Gasteiger partial charge in [0.2, 0.25) is 0 Å². The normalized spacial score (nSPS) is 12.8. The lowest BCUT2D eigenvalue weighted by atomic mass is 10.1. The minimum Gasteiger partial charge on any atom is -0.493 e. The van der Waals surface area contributed by atoms with Crippen LogP contribution in [0.25, 0.3) is 0 Å². The molecule has 1 aliphatic rings. The third-order valence-electron chi connectivity index (χ3n) is 4.20. The molecule has 126 valence electrons. The summed E-state index contributed by atoms with van der Waals surface area (Å²) >= 11 is 0. The molecule has 0 aliphatic carbocycles. The summed E-state index contributed by atoms with van der Waals surface area (Å²) in [5, 5.41) is 0. The Kier molecular flexibility index (Phi) is 4.60. The lowest BCUT2D eigenvalue weighted by Gasteiger charge is -2.21. The van der Waals surface area contributed by atoms with Crippen molar-refractivity contribution < 1.29 is 14.3 Å². The Balaban J connectivity index is 1.80. The molecule has 0 fully saturated rings. The minimum atomic E-state index is -0.508. The zero-order valence-electron chi connectivity index (χ0n) is 14.0. The highest BCUT2D eigenvalue weighted by Crippen LogP contribution is 2.33. The van der Waals surface area contributed by atoms with Crippen LogP contribution in [0.4, 0.5) is 5.69 Å². The number of primary amides is 1. The molecule has 2 aromatic carbocycles. The van der Waals surface area contributed by atoms with Gasteiger partial charge in [-0.1, -0.05) is 18.2 Å². The number of ether oxygens (including phenoxy) is 2. The van der Waals surface area contributed by atoms with Crippen molar-refractivity contribution in [3.05, 3.63) is 53.1 Å². The first kappa shape index (κ1) is 16.2. The van der Waals surface area contributed by atoms with Crippen LogP contribution >= 0.6 is 0 Å². The van der Waals surface area contributed by atoms with E-state index in [4.69, 9.17) is 15.2 Å². The van der Waals surface area contributed by atoms with Crippen molar-refractivity contribution in [3.63, 3.8) is 0 Å². The second-order valence-electron chi connectivity index (χ2n) is 6.04. The van der Waals surface area contributed by atoms with Crippen molar-refractivity contribution >= 4 is 11.6 Å². The number of hydrogen-bond donors (Lipinski definition) is 1. The fourth-order valence-corrected chi connectivity index (χ4v) is 3.02. The van der Waals surface area contributed by atoms with Crippen LogP contribution in [0.15, 0.2) is 36.4 Å². The molecule has 0 aromatic heterocycles. The molecule has 1 amide bonds. The Morgan fingerprint density at radius 1 is 1.21 bits per heavy atom. The third kappa shape index (κ3) is 3.45. The van der Waals surface area contributed by atoms with Crippen LogP contribution in [0.3, 0.4) is 0 Å². The Labute approximate surface area is 142 Å². The van der Waals surface area contributed by atoms with Crippen LogP contribution in [0, 0.1) is 6.92 Å². The lowest BCUT2D eigenvalue weighted by Crippen LogP contribution is -2.21. The molecule has 1 aliphatic heterocycles. The standard InChI is InChI=1S/C19H22N2O3/c1-13-3-5-15-7-8-21(16(15)9-13)11-14-4-6-17(23-2)18(10-14)24-12-19(20)22/h3-6,9-10H,7-8,11-12H2,1-2H3,(H2,20,22). The molecule has 1 heterocycles. The molecular weight excluding hydrogens is 304 g/mol. The van der Waals surface area contributed by atoms with E-state index in [1.54, 1.807) is 7.11 Å². The van der Waals surface area contributed by atoms with Crippen molar-refractivity contribution in [2.45, 2.75) is 19.9 Å². The van der Waals surface area contributed by atoms with Gasteiger partial charge in [0.1, 0.15) is 0 Å². The van der Waals surface area contributed by atoms with Crippen molar-refractivity contribution in [1.82, 2.24) is 0 Å². The average Bonchev–Trinajstić information content (AvgIpc) is 2.95. The Bertz CT molecular complexity index is 758. The van der Waals surface area contributed by atoms with Gasteiger partial charge in [-0.25, -0.2) is 0 Å². The molecule has 5 heteroatoms. The molecule has 2 aromatic rings. The van der Waals surface area contributed by atoms with E-state index in [0.29, 0.717) is 11.5 Å². The molecule has 0 spiro atoms. The third-order valence-corrected chi connectivity index (χ3v) is 4.20. The zero-order chi connectivity index (χ0) is 17.1. The predicted octanol–water partition coefficient (Wildman–Crippen LogP) is 2.43. The maximum Gasteiger partial charge on any atom is 0.255 e. The molecule has 0 radical (unpaired) electrons. The smallest absolute Gasteiger partial charge is 0.255 e. The SMILES string of the molecule is COc1ccc(CN2CCc3ccc(C)cc32)cc1OCC(N)=O. The van der Waals surface area contributed by atoms with Crippen LogP contribution in [0.2, 0.25) is 0 Å². The van der Waals surface area contributed by atoms with Crippen LogP contribution in [0.5, 0.6) is 11.5 Å². The number of hydrogen-bond acceptors (Lipinski definition) is 4. The molecule has 0 saturated carbocycles. The van der Waals surface area contributed by atoms with E-state index in [1.165, 1.54) is 16.8 Å². The quantitative estimate of drug-likeness (QED) is 0.885. The van der Waals surface area contributed by atoms with Gasteiger partial charge in [0.25, 0.3) is 5.91 Å². The van der Waals surface area contributed by atoms with Gasteiger partial charge in [0.05, 0.1) is 7.11 Å². The maximum absolute atomic E-state index is 11.0.